The minimum Gasteiger partial charge on any atom is -0.497 e. The molecule has 0 aliphatic rings. The standard InChI is InChI=1S/C20H26N4O2.HI/c1-4-24(5-2)19(25)16-11-9-15(10-12-16)14-22-20(21)23-17-7-6-8-18(13-17)26-3;/h6-13H,4-5,14H2,1-3H3,(H3,21,22,23);1H. The number of nitrogens with one attached hydrogen (secondary N) is 1. The van der Waals surface area contributed by atoms with Gasteiger partial charge in [-0.1, -0.05) is 18.2 Å². The monoisotopic (exact) mass is 482 g/mol. The summed E-state index contributed by atoms with van der Waals surface area (Å²) in [5.41, 5.74) is 8.41. The van der Waals surface area contributed by atoms with Gasteiger partial charge in [0.05, 0.1) is 13.7 Å². The first-order valence-electron chi connectivity index (χ1n) is 8.66. The lowest BCUT2D eigenvalue weighted by Gasteiger charge is -2.18. The van der Waals surface area contributed by atoms with Crippen LogP contribution in [0.15, 0.2) is 53.5 Å². The van der Waals surface area contributed by atoms with Crippen molar-refractivity contribution in [3.63, 3.8) is 0 Å². The summed E-state index contributed by atoms with van der Waals surface area (Å²) in [5.74, 6) is 1.11. The molecule has 0 unspecified atom stereocenters. The van der Waals surface area contributed by atoms with Gasteiger partial charge in [-0.25, -0.2) is 4.99 Å². The lowest BCUT2D eigenvalue weighted by atomic mass is 10.1. The molecule has 1 amide bonds. The molecule has 2 aromatic carbocycles. The Morgan fingerprint density at radius 1 is 1.15 bits per heavy atom. The number of carbonyl (C=O) groups excluding carboxylic acids is 1. The van der Waals surface area contributed by atoms with Gasteiger partial charge in [-0.05, 0) is 43.7 Å². The largest absolute Gasteiger partial charge is 0.497 e. The summed E-state index contributed by atoms with van der Waals surface area (Å²) >= 11 is 0. The highest BCUT2D eigenvalue weighted by Gasteiger charge is 2.11. The molecule has 0 atom stereocenters. The maximum atomic E-state index is 12.3. The number of carbonyl (C=O) groups is 1. The average Bonchev–Trinajstić information content (AvgIpc) is 2.67. The van der Waals surface area contributed by atoms with Crippen LogP contribution in [0.2, 0.25) is 0 Å². The summed E-state index contributed by atoms with van der Waals surface area (Å²) in [6.45, 7) is 5.79. The molecule has 0 radical (unpaired) electrons. The summed E-state index contributed by atoms with van der Waals surface area (Å²) in [6, 6.07) is 14.9. The zero-order chi connectivity index (χ0) is 18.9. The second kappa shape index (κ2) is 11.4. The number of nitrogens with two attached hydrogens (primary N) is 1. The number of guanidine groups is 1. The van der Waals surface area contributed by atoms with E-state index in [9.17, 15) is 4.79 Å². The van der Waals surface area contributed by atoms with Crippen LogP contribution in [0.1, 0.15) is 29.8 Å². The van der Waals surface area contributed by atoms with Gasteiger partial charge in [0.2, 0.25) is 0 Å². The molecule has 2 aromatic rings. The fraction of sp³-hybridized carbons (Fsp3) is 0.300. The van der Waals surface area contributed by atoms with Crippen LogP contribution in [-0.2, 0) is 6.54 Å². The van der Waals surface area contributed by atoms with E-state index in [0.29, 0.717) is 31.2 Å². The van der Waals surface area contributed by atoms with E-state index in [2.05, 4.69) is 10.3 Å². The summed E-state index contributed by atoms with van der Waals surface area (Å²) in [7, 11) is 1.62. The van der Waals surface area contributed by atoms with Crippen molar-refractivity contribution in [2.24, 2.45) is 10.7 Å². The summed E-state index contributed by atoms with van der Waals surface area (Å²) in [4.78, 5) is 18.4. The van der Waals surface area contributed by atoms with E-state index in [-0.39, 0.29) is 29.9 Å². The van der Waals surface area contributed by atoms with Gasteiger partial charge in [-0.3, -0.25) is 4.79 Å². The van der Waals surface area contributed by atoms with E-state index in [1.807, 2.05) is 62.4 Å². The van der Waals surface area contributed by atoms with Crippen molar-refractivity contribution >= 4 is 41.5 Å². The third-order valence-electron chi connectivity index (χ3n) is 4.03. The number of anilines is 1. The molecule has 27 heavy (non-hydrogen) atoms. The number of amides is 1. The number of hydrogen-bond acceptors (Lipinski definition) is 3. The van der Waals surface area contributed by atoms with E-state index in [1.54, 1.807) is 12.0 Å². The van der Waals surface area contributed by atoms with Crippen LogP contribution in [0.25, 0.3) is 0 Å². The molecule has 0 saturated carbocycles. The van der Waals surface area contributed by atoms with Crippen LogP contribution < -0.4 is 15.8 Å². The summed E-state index contributed by atoms with van der Waals surface area (Å²) < 4.78 is 5.18. The number of ether oxygens (including phenoxy) is 1. The molecule has 0 aliphatic carbocycles. The van der Waals surface area contributed by atoms with Gasteiger partial charge in [0.1, 0.15) is 5.75 Å². The molecule has 3 N–H and O–H groups in total. The van der Waals surface area contributed by atoms with Gasteiger partial charge in [0.25, 0.3) is 5.91 Å². The molecule has 6 nitrogen and oxygen atoms in total. The van der Waals surface area contributed by atoms with Crippen LogP contribution in [-0.4, -0.2) is 37.0 Å². The Kier molecular flexibility index (Phi) is 9.63. The molecule has 0 spiro atoms. The van der Waals surface area contributed by atoms with E-state index in [1.165, 1.54) is 0 Å². The number of hydrogen-bond donors (Lipinski definition) is 2. The Balaban J connectivity index is 0.00000364. The normalized spacial score (nSPS) is 10.7. The van der Waals surface area contributed by atoms with Gasteiger partial charge in [-0.15, -0.1) is 24.0 Å². The third-order valence-corrected chi connectivity index (χ3v) is 4.03. The van der Waals surface area contributed by atoms with Gasteiger partial charge < -0.3 is 20.7 Å². The van der Waals surface area contributed by atoms with E-state index in [0.717, 1.165) is 17.0 Å². The van der Waals surface area contributed by atoms with E-state index >= 15 is 0 Å². The highest BCUT2D eigenvalue weighted by molar-refractivity contribution is 14.0. The average molecular weight is 482 g/mol. The smallest absolute Gasteiger partial charge is 0.253 e. The SMILES string of the molecule is CCN(CC)C(=O)c1ccc(CN=C(N)Nc2cccc(OC)c2)cc1.I. The second-order valence-corrected chi connectivity index (χ2v) is 5.73. The lowest BCUT2D eigenvalue weighted by molar-refractivity contribution is 0.0773. The molecule has 0 heterocycles. The van der Waals surface area contributed by atoms with Crippen molar-refractivity contribution in [3.05, 3.63) is 59.7 Å². The molecule has 0 aliphatic heterocycles. The Morgan fingerprint density at radius 3 is 2.41 bits per heavy atom. The maximum absolute atomic E-state index is 12.3. The van der Waals surface area contributed by atoms with Crippen LogP contribution in [0.3, 0.4) is 0 Å². The highest BCUT2D eigenvalue weighted by Crippen LogP contribution is 2.16. The van der Waals surface area contributed by atoms with Gasteiger partial charge in [-0.2, -0.15) is 0 Å². The molecule has 0 fully saturated rings. The number of aliphatic imine (C=N–C) groups is 1. The third kappa shape index (κ3) is 6.74. The Hall–Kier alpha value is -2.29. The number of nitrogens with zero attached hydrogens (tertiary/aromatic N) is 2. The van der Waals surface area contributed by atoms with E-state index in [4.69, 9.17) is 10.5 Å². The second-order valence-electron chi connectivity index (χ2n) is 5.73. The first-order chi connectivity index (χ1) is 12.6. The predicted octanol–water partition coefficient (Wildman–Crippen LogP) is 3.72. The Morgan fingerprint density at radius 2 is 1.81 bits per heavy atom. The fourth-order valence-electron chi connectivity index (χ4n) is 2.51. The minimum absolute atomic E-state index is 0. The van der Waals surface area contributed by atoms with Crippen molar-refractivity contribution in [2.45, 2.75) is 20.4 Å². The van der Waals surface area contributed by atoms with Crippen molar-refractivity contribution in [1.29, 1.82) is 0 Å². The highest BCUT2D eigenvalue weighted by atomic mass is 127. The van der Waals surface area contributed by atoms with Crippen molar-refractivity contribution in [2.75, 3.05) is 25.5 Å². The Bertz CT molecular complexity index is 759. The Labute approximate surface area is 177 Å². The van der Waals surface area contributed by atoms with Crippen molar-refractivity contribution in [1.82, 2.24) is 4.90 Å². The van der Waals surface area contributed by atoms with Crippen LogP contribution in [0.5, 0.6) is 5.75 Å². The molecular formula is C20H27IN4O2. The summed E-state index contributed by atoms with van der Waals surface area (Å²) in [5, 5.41) is 3.03. The first kappa shape index (κ1) is 22.8. The number of methoxy groups -OCH3 is 1. The fourth-order valence-corrected chi connectivity index (χ4v) is 2.51. The molecule has 2 rings (SSSR count). The molecule has 0 bridgehead atoms. The zero-order valence-electron chi connectivity index (χ0n) is 15.9. The minimum atomic E-state index is 0. The van der Waals surface area contributed by atoms with Crippen LogP contribution >= 0.6 is 24.0 Å². The zero-order valence-corrected chi connectivity index (χ0v) is 18.3. The van der Waals surface area contributed by atoms with Gasteiger partial charge in [0, 0.05) is 30.4 Å². The molecule has 0 saturated heterocycles. The number of rotatable bonds is 7. The topological polar surface area (TPSA) is 80.0 Å². The predicted molar refractivity (Wildman–Crippen MR) is 121 cm³/mol. The quantitative estimate of drug-likeness (QED) is 0.358. The first-order valence-corrected chi connectivity index (χ1v) is 8.66. The maximum Gasteiger partial charge on any atom is 0.253 e. The molecular weight excluding hydrogens is 455 g/mol. The molecule has 0 aromatic heterocycles. The van der Waals surface area contributed by atoms with Crippen LogP contribution in [0.4, 0.5) is 5.69 Å². The number of benzene rings is 2. The van der Waals surface area contributed by atoms with Crippen molar-refractivity contribution in [3.8, 4) is 5.75 Å². The molecule has 146 valence electrons. The van der Waals surface area contributed by atoms with Gasteiger partial charge in [0.15, 0.2) is 5.96 Å². The molecule has 7 heteroatoms. The number of halogens is 1. The lowest BCUT2D eigenvalue weighted by Crippen LogP contribution is -2.30. The van der Waals surface area contributed by atoms with Gasteiger partial charge >= 0.3 is 0 Å². The van der Waals surface area contributed by atoms with E-state index < -0.39 is 0 Å². The van der Waals surface area contributed by atoms with Crippen LogP contribution in [0, 0.1) is 0 Å². The summed E-state index contributed by atoms with van der Waals surface area (Å²) in [6.07, 6.45) is 0. The van der Waals surface area contributed by atoms with Crippen molar-refractivity contribution < 1.29 is 9.53 Å².